The third kappa shape index (κ3) is 6.20. The highest BCUT2D eigenvalue weighted by molar-refractivity contribution is 7.22. The Hall–Kier alpha value is -2.07. The molecule has 1 aliphatic rings. The van der Waals surface area contributed by atoms with Crippen molar-refractivity contribution in [3.8, 4) is 5.75 Å². The first-order valence-corrected chi connectivity index (χ1v) is 10.4. The van der Waals surface area contributed by atoms with Crippen LogP contribution in [0.5, 0.6) is 5.75 Å². The van der Waals surface area contributed by atoms with Crippen molar-refractivity contribution in [1.29, 1.82) is 0 Å². The Balaban J connectivity index is 1.81. The highest BCUT2D eigenvalue weighted by Crippen LogP contribution is 2.33. The number of anilines is 1. The summed E-state index contributed by atoms with van der Waals surface area (Å²) in [6.07, 6.45) is 0.573. The molecule has 160 valence electrons. The zero-order valence-electron chi connectivity index (χ0n) is 16.5. The van der Waals surface area contributed by atoms with Gasteiger partial charge in [-0.05, 0) is 39.1 Å². The first-order chi connectivity index (χ1) is 13.7. The van der Waals surface area contributed by atoms with Crippen LogP contribution in [0.25, 0.3) is 10.2 Å². The van der Waals surface area contributed by atoms with Crippen LogP contribution in [0.4, 0.5) is 23.1 Å². The van der Waals surface area contributed by atoms with Crippen LogP contribution < -0.4 is 15.0 Å². The summed E-state index contributed by atoms with van der Waals surface area (Å²) in [4.78, 5) is 21.0. The summed E-state index contributed by atoms with van der Waals surface area (Å²) >= 11 is 1.18. The number of nitrogens with one attached hydrogen (secondary N) is 1. The molecule has 1 aromatic heterocycles. The minimum atomic E-state index is -4.75. The number of fused-ring (bicyclic) bond motifs is 1. The minimum absolute atomic E-state index is 0.152. The second kappa shape index (κ2) is 9.17. The van der Waals surface area contributed by atoms with Gasteiger partial charge in [-0.15, -0.1) is 13.2 Å². The monoisotopic (exact) mass is 430 g/mol. The molecule has 2 amide bonds. The van der Waals surface area contributed by atoms with Crippen molar-refractivity contribution < 1.29 is 22.7 Å². The zero-order valence-corrected chi connectivity index (χ0v) is 17.3. The normalized spacial score (nSPS) is 15.7. The Bertz CT molecular complexity index is 834. The van der Waals surface area contributed by atoms with Gasteiger partial charge < -0.3 is 15.0 Å². The second-order valence-corrected chi connectivity index (χ2v) is 8.42. The lowest BCUT2D eigenvalue weighted by atomic mass is 9.96. The molecule has 1 heterocycles. The van der Waals surface area contributed by atoms with Crippen LogP contribution in [0.2, 0.25) is 0 Å². The fourth-order valence-electron chi connectivity index (χ4n) is 3.29. The molecule has 1 aromatic carbocycles. The first kappa shape index (κ1) is 21.6. The number of likely N-dealkylation sites (N-methyl/N-ethyl adjacent to an activating group) is 1. The average molecular weight is 430 g/mol. The van der Waals surface area contributed by atoms with Gasteiger partial charge in [0.1, 0.15) is 5.75 Å². The lowest BCUT2D eigenvalue weighted by molar-refractivity contribution is -0.274. The zero-order chi connectivity index (χ0) is 21.0. The molecule has 0 atom stereocenters. The number of nitrogens with zero attached hydrogens (tertiary/aromatic N) is 3. The standard InChI is InChI=1S/C19H25F3N4O2S/c1-25(2)10-11-26(17(27)23-13-6-4-3-5-7-13)18-24-15-9-8-14(12-16(15)29-18)28-19(20,21)22/h8-9,12-13H,3-7,10-11H2,1-2H3,(H,23,27). The van der Waals surface area contributed by atoms with E-state index in [0.717, 1.165) is 25.7 Å². The lowest BCUT2D eigenvalue weighted by Gasteiger charge is -2.27. The van der Waals surface area contributed by atoms with Gasteiger partial charge in [0.15, 0.2) is 5.13 Å². The number of aromatic nitrogens is 1. The lowest BCUT2D eigenvalue weighted by Crippen LogP contribution is -2.47. The van der Waals surface area contributed by atoms with Crippen LogP contribution in [0.15, 0.2) is 18.2 Å². The number of urea groups is 1. The Labute approximate surface area is 171 Å². The minimum Gasteiger partial charge on any atom is -0.406 e. The summed E-state index contributed by atoms with van der Waals surface area (Å²) in [5.74, 6) is -0.299. The Morgan fingerprint density at radius 3 is 2.62 bits per heavy atom. The summed E-state index contributed by atoms with van der Waals surface area (Å²) in [5, 5.41) is 3.55. The van der Waals surface area contributed by atoms with E-state index in [4.69, 9.17) is 0 Å². The molecular formula is C19H25F3N4O2S. The molecule has 0 aliphatic heterocycles. The average Bonchev–Trinajstić information content (AvgIpc) is 3.04. The van der Waals surface area contributed by atoms with Crippen molar-refractivity contribution in [3.05, 3.63) is 18.2 Å². The van der Waals surface area contributed by atoms with Gasteiger partial charge in [0.2, 0.25) is 0 Å². The smallest absolute Gasteiger partial charge is 0.406 e. The summed E-state index contributed by atoms with van der Waals surface area (Å²) in [7, 11) is 3.83. The fourth-order valence-corrected chi connectivity index (χ4v) is 4.31. The van der Waals surface area contributed by atoms with Crippen LogP contribution in [0.1, 0.15) is 32.1 Å². The van der Waals surface area contributed by atoms with E-state index in [1.165, 1.54) is 36.0 Å². The second-order valence-electron chi connectivity index (χ2n) is 7.41. The van der Waals surface area contributed by atoms with Crippen molar-refractivity contribution in [2.24, 2.45) is 0 Å². The maximum atomic E-state index is 12.9. The van der Waals surface area contributed by atoms with E-state index in [2.05, 4.69) is 15.0 Å². The number of alkyl halides is 3. The number of rotatable bonds is 6. The predicted molar refractivity (Wildman–Crippen MR) is 108 cm³/mol. The number of ether oxygens (including phenoxy) is 1. The van der Waals surface area contributed by atoms with Crippen molar-refractivity contribution in [2.75, 3.05) is 32.1 Å². The van der Waals surface area contributed by atoms with Crippen molar-refractivity contribution in [2.45, 2.75) is 44.5 Å². The van der Waals surface area contributed by atoms with Crippen molar-refractivity contribution >= 4 is 32.7 Å². The van der Waals surface area contributed by atoms with Gasteiger partial charge in [0.25, 0.3) is 0 Å². The summed E-state index contributed by atoms with van der Waals surface area (Å²) < 4.78 is 42.0. The van der Waals surface area contributed by atoms with E-state index in [0.29, 0.717) is 28.4 Å². The molecule has 1 aliphatic carbocycles. The molecule has 1 fully saturated rings. The summed E-state index contributed by atoms with van der Waals surface area (Å²) in [6, 6.07) is 3.93. The maximum Gasteiger partial charge on any atom is 0.573 e. The van der Waals surface area contributed by atoms with Gasteiger partial charge in [-0.25, -0.2) is 9.78 Å². The number of benzene rings is 1. The number of hydrogen-bond donors (Lipinski definition) is 1. The number of amides is 2. The van der Waals surface area contributed by atoms with Crippen molar-refractivity contribution in [3.63, 3.8) is 0 Å². The van der Waals surface area contributed by atoms with Crippen LogP contribution >= 0.6 is 11.3 Å². The molecule has 1 saturated carbocycles. The number of hydrogen-bond acceptors (Lipinski definition) is 5. The molecule has 0 radical (unpaired) electrons. The SMILES string of the molecule is CN(C)CCN(C(=O)NC1CCCCC1)c1nc2ccc(OC(F)(F)F)cc2s1. The van der Waals surface area contributed by atoms with Crippen LogP contribution in [-0.2, 0) is 0 Å². The highest BCUT2D eigenvalue weighted by Gasteiger charge is 2.31. The first-order valence-electron chi connectivity index (χ1n) is 9.60. The third-order valence-corrected chi connectivity index (χ3v) is 5.80. The number of halogens is 3. The topological polar surface area (TPSA) is 57.7 Å². The molecule has 29 heavy (non-hydrogen) atoms. The van der Waals surface area contributed by atoms with Gasteiger partial charge in [-0.2, -0.15) is 0 Å². The largest absolute Gasteiger partial charge is 0.573 e. The molecule has 0 unspecified atom stereocenters. The van der Waals surface area contributed by atoms with Gasteiger partial charge in [-0.3, -0.25) is 4.90 Å². The Morgan fingerprint density at radius 2 is 1.97 bits per heavy atom. The Morgan fingerprint density at radius 1 is 1.24 bits per heavy atom. The van der Waals surface area contributed by atoms with E-state index >= 15 is 0 Å². The van der Waals surface area contributed by atoms with Gasteiger partial charge >= 0.3 is 12.4 Å². The fraction of sp³-hybridized carbons (Fsp3) is 0.579. The number of carbonyl (C=O) groups excluding carboxylic acids is 1. The quantitative estimate of drug-likeness (QED) is 0.728. The highest BCUT2D eigenvalue weighted by atomic mass is 32.1. The predicted octanol–water partition coefficient (Wildman–Crippen LogP) is 4.61. The van der Waals surface area contributed by atoms with E-state index in [1.54, 1.807) is 4.90 Å². The molecule has 0 saturated heterocycles. The van der Waals surface area contributed by atoms with Crippen LogP contribution in [0, 0.1) is 0 Å². The number of carbonyl (C=O) groups is 1. The van der Waals surface area contributed by atoms with Crippen LogP contribution in [-0.4, -0.2) is 55.5 Å². The van der Waals surface area contributed by atoms with Gasteiger partial charge in [-0.1, -0.05) is 30.6 Å². The van der Waals surface area contributed by atoms with E-state index in [-0.39, 0.29) is 17.8 Å². The van der Waals surface area contributed by atoms with E-state index in [1.807, 2.05) is 19.0 Å². The molecular weight excluding hydrogens is 405 g/mol. The van der Waals surface area contributed by atoms with Crippen LogP contribution in [0.3, 0.4) is 0 Å². The Kier molecular flexibility index (Phi) is 6.84. The van der Waals surface area contributed by atoms with Gasteiger partial charge in [0.05, 0.1) is 10.2 Å². The molecule has 0 spiro atoms. The molecule has 10 heteroatoms. The van der Waals surface area contributed by atoms with Gasteiger partial charge in [0, 0.05) is 25.2 Å². The van der Waals surface area contributed by atoms with E-state index < -0.39 is 6.36 Å². The summed E-state index contributed by atoms with van der Waals surface area (Å²) in [5.41, 5.74) is 0.528. The van der Waals surface area contributed by atoms with E-state index in [9.17, 15) is 18.0 Å². The third-order valence-electron chi connectivity index (χ3n) is 4.76. The maximum absolute atomic E-state index is 12.9. The molecule has 6 nitrogen and oxygen atoms in total. The number of thiazole rings is 1. The molecule has 0 bridgehead atoms. The molecule has 2 aromatic rings. The van der Waals surface area contributed by atoms with Crippen molar-refractivity contribution in [1.82, 2.24) is 15.2 Å². The molecule has 1 N–H and O–H groups in total. The summed E-state index contributed by atoms with van der Waals surface area (Å²) in [6.45, 7) is 1.06. The molecule has 3 rings (SSSR count).